The van der Waals surface area contributed by atoms with Crippen molar-refractivity contribution in [3.8, 4) is 0 Å². The van der Waals surface area contributed by atoms with E-state index in [1.165, 1.54) is 6.42 Å². The van der Waals surface area contributed by atoms with E-state index in [9.17, 15) is 9.59 Å². The number of amides is 2. The van der Waals surface area contributed by atoms with E-state index in [0.717, 1.165) is 43.5 Å². The number of hydrogen-bond donors (Lipinski definition) is 2. The first-order valence-electron chi connectivity index (χ1n) is 12.5. The monoisotopic (exact) mass is 550 g/mol. The van der Waals surface area contributed by atoms with Crippen LogP contribution >= 0.6 is 34.8 Å². The van der Waals surface area contributed by atoms with Gasteiger partial charge in [0.1, 0.15) is 0 Å². The highest BCUT2D eigenvalue weighted by molar-refractivity contribution is 6.42. The summed E-state index contributed by atoms with van der Waals surface area (Å²) in [5.74, 6) is -0.124. The molecule has 0 aromatic heterocycles. The molecule has 2 amide bonds. The average molecular weight is 552 g/mol. The van der Waals surface area contributed by atoms with Crippen LogP contribution in [0.5, 0.6) is 0 Å². The molecular formula is C27H33Cl3N4O2. The highest BCUT2D eigenvalue weighted by Crippen LogP contribution is 2.23. The molecule has 194 valence electrons. The Hall–Kier alpha value is -1.83. The third-order valence-electron chi connectivity index (χ3n) is 6.85. The first kappa shape index (κ1) is 27.2. The summed E-state index contributed by atoms with van der Waals surface area (Å²) in [5.41, 5.74) is 2.55. The van der Waals surface area contributed by atoms with Gasteiger partial charge in [-0.3, -0.25) is 9.59 Å². The lowest BCUT2D eigenvalue weighted by Crippen LogP contribution is -2.54. The Morgan fingerprint density at radius 1 is 1.03 bits per heavy atom. The van der Waals surface area contributed by atoms with Crippen molar-refractivity contribution in [3.63, 3.8) is 0 Å². The van der Waals surface area contributed by atoms with Crippen LogP contribution in [0, 0.1) is 6.92 Å². The number of carbonyl (C=O) groups is 2. The van der Waals surface area contributed by atoms with Gasteiger partial charge < -0.3 is 20.4 Å². The molecule has 9 heteroatoms. The summed E-state index contributed by atoms with van der Waals surface area (Å²) in [6, 6.07) is 10.4. The number of benzene rings is 2. The summed E-state index contributed by atoms with van der Waals surface area (Å²) >= 11 is 18.3. The Morgan fingerprint density at radius 2 is 1.81 bits per heavy atom. The standard InChI is InChI=1S/C27H33Cl3N4O2/c1-18-11-19(13-21(28)12-18)16-34-10-7-22(15-31-26(35)20-5-6-23(29)24(30)14-20)32-25(27(34)36)17-33-8-3-2-4-9-33/h5-6,11-14,22,25,32H,2-4,7-10,15-17H2,1H3,(H,31,35). The van der Waals surface area contributed by atoms with Crippen molar-refractivity contribution in [3.05, 3.63) is 68.2 Å². The number of nitrogens with zero attached hydrogens (tertiary/aromatic N) is 2. The van der Waals surface area contributed by atoms with Gasteiger partial charge in [-0.15, -0.1) is 0 Å². The summed E-state index contributed by atoms with van der Waals surface area (Å²) in [5, 5.41) is 7.99. The van der Waals surface area contributed by atoms with Gasteiger partial charge in [0, 0.05) is 42.8 Å². The van der Waals surface area contributed by atoms with Crippen LogP contribution in [0.25, 0.3) is 0 Å². The van der Waals surface area contributed by atoms with Crippen LogP contribution in [-0.4, -0.2) is 66.4 Å². The lowest BCUT2D eigenvalue weighted by Gasteiger charge is -2.32. The quantitative estimate of drug-likeness (QED) is 0.512. The molecule has 2 atom stereocenters. The van der Waals surface area contributed by atoms with Crippen LogP contribution in [0.4, 0.5) is 0 Å². The van der Waals surface area contributed by atoms with Gasteiger partial charge >= 0.3 is 0 Å². The van der Waals surface area contributed by atoms with Crippen LogP contribution in [0.3, 0.4) is 0 Å². The molecule has 2 aliphatic rings. The minimum atomic E-state index is -0.335. The van der Waals surface area contributed by atoms with Gasteiger partial charge in [0.05, 0.1) is 16.1 Å². The number of hydrogen-bond acceptors (Lipinski definition) is 4. The minimum Gasteiger partial charge on any atom is -0.350 e. The van der Waals surface area contributed by atoms with Crippen LogP contribution in [-0.2, 0) is 11.3 Å². The summed E-state index contributed by atoms with van der Waals surface area (Å²) in [7, 11) is 0. The maximum atomic E-state index is 13.7. The van der Waals surface area contributed by atoms with Gasteiger partial charge in [-0.05, 0) is 80.7 Å². The Balaban J connectivity index is 1.45. The Bertz CT molecular complexity index is 1070. The van der Waals surface area contributed by atoms with Gasteiger partial charge in [-0.1, -0.05) is 47.3 Å². The fourth-order valence-electron chi connectivity index (χ4n) is 5.01. The number of aryl methyl sites for hydroxylation is 1. The second-order valence-electron chi connectivity index (χ2n) is 9.80. The second kappa shape index (κ2) is 12.6. The lowest BCUT2D eigenvalue weighted by atomic mass is 10.1. The Kier molecular flexibility index (Phi) is 9.53. The van der Waals surface area contributed by atoms with Crippen LogP contribution < -0.4 is 10.6 Å². The first-order chi connectivity index (χ1) is 17.3. The normalized spacial score (nSPS) is 21.3. The Morgan fingerprint density at radius 3 is 2.53 bits per heavy atom. The van der Waals surface area contributed by atoms with Gasteiger partial charge in [-0.2, -0.15) is 0 Å². The molecule has 6 nitrogen and oxygen atoms in total. The molecule has 4 rings (SSSR count). The van der Waals surface area contributed by atoms with E-state index in [0.29, 0.717) is 46.8 Å². The molecular weight excluding hydrogens is 519 g/mol. The van der Waals surface area contributed by atoms with Crippen LogP contribution in [0.2, 0.25) is 15.1 Å². The van der Waals surface area contributed by atoms with Crippen molar-refractivity contribution in [2.75, 3.05) is 32.7 Å². The number of halogens is 3. The van der Waals surface area contributed by atoms with E-state index in [4.69, 9.17) is 34.8 Å². The lowest BCUT2D eigenvalue weighted by molar-refractivity contribution is -0.133. The molecule has 2 heterocycles. The first-order valence-corrected chi connectivity index (χ1v) is 13.7. The maximum absolute atomic E-state index is 13.7. The zero-order chi connectivity index (χ0) is 25.7. The van der Waals surface area contributed by atoms with Crippen molar-refractivity contribution in [1.82, 2.24) is 20.4 Å². The SMILES string of the molecule is Cc1cc(Cl)cc(CN2CCC(CNC(=O)c3ccc(Cl)c(Cl)c3)NC(CN3CCCCC3)C2=O)c1. The van der Waals surface area contributed by atoms with Crippen molar-refractivity contribution in [2.45, 2.75) is 51.2 Å². The van der Waals surface area contributed by atoms with Gasteiger partial charge in [0.2, 0.25) is 5.91 Å². The van der Waals surface area contributed by atoms with Crippen molar-refractivity contribution in [2.24, 2.45) is 0 Å². The van der Waals surface area contributed by atoms with Crippen molar-refractivity contribution < 1.29 is 9.59 Å². The molecule has 0 bridgehead atoms. The molecule has 0 saturated carbocycles. The fourth-order valence-corrected chi connectivity index (χ4v) is 5.62. The van der Waals surface area contributed by atoms with Crippen LogP contribution in [0.1, 0.15) is 47.2 Å². The molecule has 0 radical (unpaired) electrons. The highest BCUT2D eigenvalue weighted by Gasteiger charge is 2.32. The van der Waals surface area contributed by atoms with Crippen molar-refractivity contribution >= 4 is 46.6 Å². The average Bonchev–Trinajstić information content (AvgIpc) is 2.98. The van der Waals surface area contributed by atoms with Crippen molar-refractivity contribution in [1.29, 1.82) is 0 Å². The smallest absolute Gasteiger partial charge is 0.251 e. The second-order valence-corrected chi connectivity index (χ2v) is 11.1. The van der Waals surface area contributed by atoms with Gasteiger partial charge in [0.25, 0.3) is 5.91 Å². The van der Waals surface area contributed by atoms with E-state index >= 15 is 0 Å². The molecule has 2 fully saturated rings. The molecule has 2 aromatic rings. The third kappa shape index (κ3) is 7.36. The van der Waals surface area contributed by atoms with E-state index in [1.54, 1.807) is 18.2 Å². The molecule has 0 spiro atoms. The van der Waals surface area contributed by atoms with E-state index in [-0.39, 0.29) is 23.9 Å². The highest BCUT2D eigenvalue weighted by atomic mass is 35.5. The summed E-state index contributed by atoms with van der Waals surface area (Å²) in [6.07, 6.45) is 4.29. The summed E-state index contributed by atoms with van der Waals surface area (Å²) < 4.78 is 0. The number of nitrogens with one attached hydrogen (secondary N) is 2. The molecule has 2 unspecified atom stereocenters. The van der Waals surface area contributed by atoms with Crippen LogP contribution in [0.15, 0.2) is 36.4 Å². The van der Waals surface area contributed by atoms with E-state index < -0.39 is 0 Å². The summed E-state index contributed by atoms with van der Waals surface area (Å²) in [6.45, 7) is 6.22. The number of piperidine rings is 1. The fraction of sp³-hybridized carbons (Fsp3) is 0.481. The van der Waals surface area contributed by atoms with E-state index in [1.807, 2.05) is 24.0 Å². The predicted molar refractivity (Wildman–Crippen MR) is 146 cm³/mol. The molecule has 2 saturated heterocycles. The zero-order valence-electron chi connectivity index (χ0n) is 20.5. The predicted octanol–water partition coefficient (Wildman–Crippen LogP) is 4.93. The third-order valence-corrected chi connectivity index (χ3v) is 7.81. The topological polar surface area (TPSA) is 64.7 Å². The van der Waals surface area contributed by atoms with E-state index in [2.05, 4.69) is 21.6 Å². The zero-order valence-corrected chi connectivity index (χ0v) is 22.8. The van der Waals surface area contributed by atoms with Gasteiger partial charge in [-0.25, -0.2) is 0 Å². The molecule has 2 N–H and O–H groups in total. The summed E-state index contributed by atoms with van der Waals surface area (Å²) in [4.78, 5) is 30.7. The Labute approximate surface area is 228 Å². The number of likely N-dealkylation sites (tertiary alicyclic amines) is 1. The van der Waals surface area contributed by atoms with Gasteiger partial charge in [0.15, 0.2) is 0 Å². The largest absolute Gasteiger partial charge is 0.350 e. The number of carbonyl (C=O) groups excluding carboxylic acids is 2. The maximum Gasteiger partial charge on any atom is 0.251 e. The molecule has 2 aliphatic heterocycles. The molecule has 0 aliphatic carbocycles. The molecule has 2 aromatic carbocycles. The minimum absolute atomic E-state index is 0.0402. The molecule has 36 heavy (non-hydrogen) atoms. The number of rotatable bonds is 7.